The molecule has 1 amide bonds. The SMILES string of the molecule is CCCC1(C(=O)NS(C)(=O)=O)CCCN1. The topological polar surface area (TPSA) is 75.3 Å². The van der Waals surface area contributed by atoms with E-state index in [4.69, 9.17) is 0 Å². The molecule has 1 saturated heterocycles. The lowest BCUT2D eigenvalue weighted by Gasteiger charge is -2.27. The molecule has 1 unspecified atom stereocenters. The highest BCUT2D eigenvalue weighted by Gasteiger charge is 2.40. The molecule has 1 rings (SSSR count). The number of amides is 1. The summed E-state index contributed by atoms with van der Waals surface area (Å²) >= 11 is 0. The summed E-state index contributed by atoms with van der Waals surface area (Å²) in [6, 6.07) is 0. The summed E-state index contributed by atoms with van der Waals surface area (Å²) in [7, 11) is -3.46. The molecule has 0 aliphatic carbocycles. The largest absolute Gasteiger partial charge is 0.303 e. The third kappa shape index (κ3) is 3.17. The lowest BCUT2D eigenvalue weighted by atomic mass is 9.91. The summed E-state index contributed by atoms with van der Waals surface area (Å²) < 4.78 is 24.0. The molecule has 15 heavy (non-hydrogen) atoms. The van der Waals surface area contributed by atoms with Gasteiger partial charge in [0.1, 0.15) is 0 Å². The van der Waals surface area contributed by atoms with Crippen LogP contribution in [0.5, 0.6) is 0 Å². The van der Waals surface area contributed by atoms with E-state index in [0.29, 0.717) is 12.8 Å². The van der Waals surface area contributed by atoms with E-state index in [1.165, 1.54) is 0 Å². The van der Waals surface area contributed by atoms with Gasteiger partial charge in [-0.25, -0.2) is 8.42 Å². The summed E-state index contributed by atoms with van der Waals surface area (Å²) in [4.78, 5) is 11.8. The molecule has 2 N–H and O–H groups in total. The fraction of sp³-hybridized carbons (Fsp3) is 0.889. The van der Waals surface area contributed by atoms with Crippen molar-refractivity contribution < 1.29 is 13.2 Å². The van der Waals surface area contributed by atoms with E-state index < -0.39 is 21.5 Å². The van der Waals surface area contributed by atoms with Gasteiger partial charge in [-0.05, 0) is 25.8 Å². The maximum Gasteiger partial charge on any atom is 0.253 e. The Morgan fingerprint density at radius 2 is 2.20 bits per heavy atom. The van der Waals surface area contributed by atoms with Crippen LogP contribution < -0.4 is 10.0 Å². The molecule has 5 nitrogen and oxygen atoms in total. The molecule has 0 aromatic rings. The number of rotatable bonds is 4. The van der Waals surface area contributed by atoms with E-state index >= 15 is 0 Å². The standard InChI is InChI=1S/C9H18N2O3S/c1-3-5-9(6-4-7-10-9)8(12)11-15(2,13)14/h10H,3-7H2,1-2H3,(H,11,12). The first-order chi connectivity index (χ1) is 6.90. The molecule has 1 fully saturated rings. The smallest absolute Gasteiger partial charge is 0.253 e. The van der Waals surface area contributed by atoms with Crippen molar-refractivity contribution in [2.45, 2.75) is 38.1 Å². The Hall–Kier alpha value is -0.620. The van der Waals surface area contributed by atoms with Gasteiger partial charge in [-0.1, -0.05) is 13.3 Å². The molecule has 1 aliphatic heterocycles. The fourth-order valence-electron chi connectivity index (χ4n) is 2.02. The number of sulfonamides is 1. The molecule has 0 aromatic carbocycles. The van der Waals surface area contributed by atoms with Crippen LogP contribution >= 0.6 is 0 Å². The molecule has 6 heteroatoms. The highest BCUT2D eigenvalue weighted by molar-refractivity contribution is 7.89. The van der Waals surface area contributed by atoms with Crippen LogP contribution in [0.2, 0.25) is 0 Å². The Morgan fingerprint density at radius 1 is 1.53 bits per heavy atom. The third-order valence-electron chi connectivity index (χ3n) is 2.63. The molecule has 1 atom stereocenters. The highest BCUT2D eigenvalue weighted by atomic mass is 32.2. The summed E-state index contributed by atoms with van der Waals surface area (Å²) in [6.45, 7) is 2.76. The zero-order valence-corrected chi connectivity index (χ0v) is 9.99. The van der Waals surface area contributed by atoms with Crippen LogP contribution in [0.3, 0.4) is 0 Å². The van der Waals surface area contributed by atoms with Gasteiger partial charge in [-0.2, -0.15) is 0 Å². The first-order valence-corrected chi connectivity index (χ1v) is 7.06. The molecule has 0 radical (unpaired) electrons. The summed E-state index contributed by atoms with van der Waals surface area (Å²) in [5.74, 6) is -0.413. The normalized spacial score (nSPS) is 26.5. The van der Waals surface area contributed by atoms with Crippen molar-refractivity contribution in [1.29, 1.82) is 0 Å². The van der Waals surface area contributed by atoms with Gasteiger partial charge in [-0.15, -0.1) is 0 Å². The van der Waals surface area contributed by atoms with Gasteiger partial charge < -0.3 is 5.32 Å². The van der Waals surface area contributed by atoms with Gasteiger partial charge in [0.05, 0.1) is 11.8 Å². The second kappa shape index (κ2) is 4.49. The van der Waals surface area contributed by atoms with Gasteiger partial charge in [0.15, 0.2) is 0 Å². The Balaban J connectivity index is 2.76. The van der Waals surface area contributed by atoms with Crippen LogP contribution in [0.25, 0.3) is 0 Å². The number of hydrogen-bond donors (Lipinski definition) is 2. The van der Waals surface area contributed by atoms with Gasteiger partial charge in [-0.3, -0.25) is 9.52 Å². The zero-order valence-electron chi connectivity index (χ0n) is 9.17. The monoisotopic (exact) mass is 234 g/mol. The predicted octanol–water partition coefficient (Wildman–Crippen LogP) is -0.0155. The first kappa shape index (κ1) is 12.4. The number of carbonyl (C=O) groups is 1. The molecular weight excluding hydrogens is 216 g/mol. The van der Waals surface area contributed by atoms with Crippen LogP contribution in [0.4, 0.5) is 0 Å². The average molecular weight is 234 g/mol. The number of carbonyl (C=O) groups excluding carboxylic acids is 1. The van der Waals surface area contributed by atoms with Crippen LogP contribution in [-0.4, -0.2) is 32.7 Å². The van der Waals surface area contributed by atoms with Crippen LogP contribution in [-0.2, 0) is 14.8 Å². The van der Waals surface area contributed by atoms with Crippen LogP contribution in [0.1, 0.15) is 32.6 Å². The van der Waals surface area contributed by atoms with E-state index in [2.05, 4.69) is 10.0 Å². The van der Waals surface area contributed by atoms with E-state index in [0.717, 1.165) is 25.6 Å². The predicted molar refractivity (Wildman–Crippen MR) is 57.9 cm³/mol. The number of nitrogens with one attached hydrogen (secondary N) is 2. The zero-order chi connectivity index (χ0) is 11.5. The summed E-state index contributed by atoms with van der Waals surface area (Å²) in [5, 5.41) is 3.12. The first-order valence-electron chi connectivity index (χ1n) is 5.17. The van der Waals surface area contributed by atoms with E-state index in [1.54, 1.807) is 0 Å². The Labute approximate surface area is 90.7 Å². The van der Waals surface area contributed by atoms with Crippen molar-refractivity contribution >= 4 is 15.9 Å². The molecule has 0 spiro atoms. The Kier molecular flexibility index (Phi) is 3.72. The Morgan fingerprint density at radius 3 is 2.60 bits per heavy atom. The van der Waals surface area contributed by atoms with E-state index in [1.807, 2.05) is 6.92 Å². The lowest BCUT2D eigenvalue weighted by molar-refractivity contribution is -0.125. The van der Waals surface area contributed by atoms with Gasteiger partial charge in [0.25, 0.3) is 5.91 Å². The molecule has 1 heterocycles. The van der Waals surface area contributed by atoms with Crippen molar-refractivity contribution in [3.63, 3.8) is 0 Å². The van der Waals surface area contributed by atoms with Crippen LogP contribution in [0, 0.1) is 0 Å². The van der Waals surface area contributed by atoms with Gasteiger partial charge in [0, 0.05) is 0 Å². The Bertz CT molecular complexity index is 331. The molecule has 1 aliphatic rings. The quantitative estimate of drug-likeness (QED) is 0.717. The second-order valence-corrected chi connectivity index (χ2v) is 5.81. The maximum atomic E-state index is 11.8. The average Bonchev–Trinajstić information content (AvgIpc) is 2.51. The van der Waals surface area contributed by atoms with E-state index in [9.17, 15) is 13.2 Å². The molecule has 0 bridgehead atoms. The fourth-order valence-corrected chi connectivity index (χ4v) is 2.55. The van der Waals surface area contributed by atoms with Gasteiger partial charge in [0.2, 0.25) is 10.0 Å². The maximum absolute atomic E-state index is 11.8. The third-order valence-corrected chi connectivity index (χ3v) is 3.19. The van der Waals surface area contributed by atoms with Crippen molar-refractivity contribution in [3.05, 3.63) is 0 Å². The molecule has 88 valence electrons. The van der Waals surface area contributed by atoms with Crippen molar-refractivity contribution in [1.82, 2.24) is 10.0 Å². The van der Waals surface area contributed by atoms with Crippen molar-refractivity contribution in [2.24, 2.45) is 0 Å². The molecule has 0 saturated carbocycles. The highest BCUT2D eigenvalue weighted by Crippen LogP contribution is 2.24. The minimum atomic E-state index is -3.46. The minimum absolute atomic E-state index is 0.413. The van der Waals surface area contributed by atoms with Crippen molar-refractivity contribution in [2.75, 3.05) is 12.8 Å². The summed E-state index contributed by atoms with van der Waals surface area (Å²) in [5.41, 5.74) is -0.669. The molecule has 0 aromatic heterocycles. The van der Waals surface area contributed by atoms with E-state index in [-0.39, 0.29) is 0 Å². The second-order valence-electron chi connectivity index (χ2n) is 4.07. The minimum Gasteiger partial charge on any atom is -0.303 e. The van der Waals surface area contributed by atoms with Crippen LogP contribution in [0.15, 0.2) is 0 Å². The van der Waals surface area contributed by atoms with Gasteiger partial charge >= 0.3 is 0 Å². The van der Waals surface area contributed by atoms with Crippen molar-refractivity contribution in [3.8, 4) is 0 Å². The molecular formula is C9H18N2O3S. The number of hydrogen-bond acceptors (Lipinski definition) is 4. The summed E-state index contributed by atoms with van der Waals surface area (Å²) in [6.07, 6.45) is 4.15. The lowest BCUT2D eigenvalue weighted by Crippen LogP contribution is -2.54.